The SMILES string of the molecule is C#CCC(=C)C(=O)NC(=O)/C(=C/c1ccc(Cl)cc1)c1ccc(F)cc1.CC.CC#CC. The van der Waals surface area contributed by atoms with Crippen LogP contribution in [0.3, 0.4) is 0 Å². The van der Waals surface area contributed by atoms with Crippen molar-refractivity contribution in [3.63, 3.8) is 0 Å². The fourth-order valence-corrected chi connectivity index (χ4v) is 2.22. The highest BCUT2D eigenvalue weighted by atomic mass is 35.5. The lowest BCUT2D eigenvalue weighted by Gasteiger charge is -2.10. The third-order valence-electron chi connectivity index (χ3n) is 3.69. The first-order chi connectivity index (χ1) is 15.3. The Morgan fingerprint density at radius 1 is 1.03 bits per heavy atom. The van der Waals surface area contributed by atoms with Gasteiger partial charge in [0, 0.05) is 22.6 Å². The molecule has 5 heteroatoms. The molecule has 0 radical (unpaired) electrons. The van der Waals surface area contributed by atoms with E-state index in [0.717, 1.165) is 0 Å². The van der Waals surface area contributed by atoms with Gasteiger partial charge < -0.3 is 0 Å². The van der Waals surface area contributed by atoms with Gasteiger partial charge in [-0.1, -0.05) is 56.3 Å². The van der Waals surface area contributed by atoms with Crippen molar-refractivity contribution in [2.45, 2.75) is 34.1 Å². The van der Waals surface area contributed by atoms with Crippen LogP contribution in [-0.2, 0) is 9.59 Å². The second kappa shape index (κ2) is 16.1. The summed E-state index contributed by atoms with van der Waals surface area (Å²) in [6.45, 7) is 11.2. The zero-order valence-corrected chi connectivity index (χ0v) is 19.5. The monoisotopic (exact) mass is 451 g/mol. The van der Waals surface area contributed by atoms with Gasteiger partial charge in [-0.25, -0.2) is 4.39 Å². The molecule has 0 aromatic heterocycles. The Bertz CT molecular complexity index is 1030. The molecule has 3 nitrogen and oxygen atoms in total. The zero-order valence-electron chi connectivity index (χ0n) is 18.8. The Morgan fingerprint density at radius 3 is 2.03 bits per heavy atom. The largest absolute Gasteiger partial charge is 0.288 e. The van der Waals surface area contributed by atoms with E-state index in [9.17, 15) is 14.0 Å². The molecule has 0 atom stereocenters. The van der Waals surface area contributed by atoms with E-state index in [2.05, 4.69) is 29.7 Å². The Morgan fingerprint density at radius 2 is 1.56 bits per heavy atom. The molecule has 0 bridgehead atoms. The summed E-state index contributed by atoms with van der Waals surface area (Å²) in [6.07, 6.45) is 6.76. The molecule has 2 rings (SSSR count). The second-order valence-corrected chi connectivity index (χ2v) is 6.32. The lowest BCUT2D eigenvalue weighted by molar-refractivity contribution is -0.125. The van der Waals surface area contributed by atoms with Crippen LogP contribution in [0.15, 0.2) is 60.7 Å². The summed E-state index contributed by atoms with van der Waals surface area (Å²) in [6, 6.07) is 12.2. The number of hydrogen-bond acceptors (Lipinski definition) is 2. The Hall–Kier alpha value is -3.60. The first-order valence-corrected chi connectivity index (χ1v) is 10.2. The van der Waals surface area contributed by atoms with Crippen molar-refractivity contribution in [2.24, 2.45) is 0 Å². The average molecular weight is 452 g/mol. The van der Waals surface area contributed by atoms with Gasteiger partial charge in [-0.05, 0) is 55.3 Å². The van der Waals surface area contributed by atoms with Crippen molar-refractivity contribution >= 4 is 35.1 Å². The van der Waals surface area contributed by atoms with Crippen molar-refractivity contribution in [3.05, 3.63) is 82.6 Å². The molecule has 2 aromatic rings. The fraction of sp³-hybridized carbons (Fsp3) is 0.185. The number of terminal acetylenes is 1. The maximum atomic E-state index is 13.2. The van der Waals surface area contributed by atoms with Gasteiger partial charge in [0.25, 0.3) is 11.8 Å². The number of amides is 2. The van der Waals surface area contributed by atoms with Gasteiger partial charge in [0.05, 0.1) is 0 Å². The first-order valence-electron chi connectivity index (χ1n) is 9.86. The predicted octanol–water partition coefficient (Wildman–Crippen LogP) is 6.30. The quantitative estimate of drug-likeness (QED) is 0.329. The Balaban J connectivity index is 0.00000144. The molecule has 2 amide bonds. The standard InChI is InChI=1S/C21H15ClFNO2.C4H6.C2H6/c1-3-4-14(2)20(25)24-21(26)19(16-7-11-18(23)12-8-16)13-15-5-9-17(22)10-6-15;1-3-4-2;1-2/h1,5-13H,2,4H2,(H,24,25,26);1-2H3;1-2H3/b19-13+;;. The van der Waals surface area contributed by atoms with Gasteiger partial charge in [-0.15, -0.1) is 24.2 Å². The third-order valence-corrected chi connectivity index (χ3v) is 3.95. The molecule has 0 aliphatic heterocycles. The van der Waals surface area contributed by atoms with E-state index < -0.39 is 17.6 Å². The Kier molecular flexibility index (Phi) is 14.3. The molecule has 0 saturated carbocycles. The van der Waals surface area contributed by atoms with Crippen LogP contribution in [0.2, 0.25) is 5.02 Å². The minimum atomic E-state index is -0.655. The minimum absolute atomic E-state index is 0.0336. The predicted molar refractivity (Wildman–Crippen MR) is 132 cm³/mol. The number of imide groups is 1. The maximum Gasteiger partial charge on any atom is 0.258 e. The molecule has 0 aliphatic carbocycles. The van der Waals surface area contributed by atoms with Crippen molar-refractivity contribution in [2.75, 3.05) is 0 Å². The number of benzene rings is 2. The summed E-state index contributed by atoms with van der Waals surface area (Å²) in [5, 5.41) is 2.80. The van der Waals surface area contributed by atoms with Crippen molar-refractivity contribution in [1.82, 2.24) is 5.32 Å². The summed E-state index contributed by atoms with van der Waals surface area (Å²) >= 11 is 5.87. The van der Waals surface area contributed by atoms with Crippen LogP contribution in [0.1, 0.15) is 45.2 Å². The highest BCUT2D eigenvalue weighted by Crippen LogP contribution is 2.20. The van der Waals surface area contributed by atoms with E-state index in [1.807, 2.05) is 27.7 Å². The van der Waals surface area contributed by atoms with E-state index >= 15 is 0 Å². The lowest BCUT2D eigenvalue weighted by Crippen LogP contribution is -2.32. The van der Waals surface area contributed by atoms with Crippen LogP contribution in [-0.4, -0.2) is 11.8 Å². The number of carbonyl (C=O) groups excluding carboxylic acids is 2. The molecule has 166 valence electrons. The number of nitrogens with one attached hydrogen (secondary N) is 1. The van der Waals surface area contributed by atoms with Gasteiger partial charge in [0.2, 0.25) is 0 Å². The van der Waals surface area contributed by atoms with Crippen LogP contribution in [0.25, 0.3) is 11.6 Å². The molecule has 0 saturated heterocycles. The molecule has 32 heavy (non-hydrogen) atoms. The molecule has 0 aliphatic rings. The van der Waals surface area contributed by atoms with E-state index in [1.165, 1.54) is 24.3 Å². The van der Waals surface area contributed by atoms with Crippen LogP contribution < -0.4 is 5.32 Å². The van der Waals surface area contributed by atoms with E-state index in [-0.39, 0.29) is 17.6 Å². The highest BCUT2D eigenvalue weighted by Gasteiger charge is 2.17. The van der Waals surface area contributed by atoms with Gasteiger partial charge in [0.15, 0.2) is 0 Å². The summed E-state index contributed by atoms with van der Waals surface area (Å²) in [5.74, 6) is 5.92. The number of hydrogen-bond donors (Lipinski definition) is 1. The maximum absolute atomic E-state index is 13.2. The van der Waals surface area contributed by atoms with Crippen molar-refractivity contribution in [1.29, 1.82) is 0 Å². The topological polar surface area (TPSA) is 46.2 Å². The lowest BCUT2D eigenvalue weighted by atomic mass is 10.0. The fourth-order valence-electron chi connectivity index (χ4n) is 2.10. The van der Waals surface area contributed by atoms with Crippen LogP contribution >= 0.6 is 11.6 Å². The number of carbonyl (C=O) groups is 2. The third kappa shape index (κ3) is 10.4. The van der Waals surface area contributed by atoms with Gasteiger partial charge in [-0.2, -0.15) is 0 Å². The number of halogens is 2. The van der Waals surface area contributed by atoms with Crippen LogP contribution in [0.5, 0.6) is 0 Å². The Labute approximate surface area is 195 Å². The molecule has 2 aromatic carbocycles. The van der Waals surface area contributed by atoms with Crippen LogP contribution in [0.4, 0.5) is 4.39 Å². The van der Waals surface area contributed by atoms with E-state index in [0.29, 0.717) is 16.1 Å². The molecular weight excluding hydrogens is 425 g/mol. The summed E-state index contributed by atoms with van der Waals surface area (Å²) in [5.41, 5.74) is 1.44. The minimum Gasteiger partial charge on any atom is -0.288 e. The normalized spacial score (nSPS) is 9.34. The summed E-state index contributed by atoms with van der Waals surface area (Å²) in [4.78, 5) is 24.6. The number of rotatable bonds is 5. The molecule has 0 unspecified atom stereocenters. The summed E-state index contributed by atoms with van der Waals surface area (Å²) < 4.78 is 13.2. The summed E-state index contributed by atoms with van der Waals surface area (Å²) in [7, 11) is 0. The highest BCUT2D eigenvalue weighted by molar-refractivity contribution is 6.31. The van der Waals surface area contributed by atoms with Gasteiger partial charge in [0.1, 0.15) is 5.82 Å². The van der Waals surface area contributed by atoms with E-state index in [1.54, 1.807) is 30.3 Å². The van der Waals surface area contributed by atoms with E-state index in [4.69, 9.17) is 18.0 Å². The average Bonchev–Trinajstić information content (AvgIpc) is 2.81. The van der Waals surface area contributed by atoms with Crippen molar-refractivity contribution in [3.8, 4) is 24.2 Å². The molecule has 0 spiro atoms. The molecule has 0 fully saturated rings. The van der Waals surface area contributed by atoms with Gasteiger partial charge >= 0.3 is 0 Å². The molecule has 1 N–H and O–H groups in total. The molecular formula is C27H27ClFNO2. The van der Waals surface area contributed by atoms with Crippen LogP contribution in [0, 0.1) is 30.0 Å². The first kappa shape index (κ1) is 28.4. The van der Waals surface area contributed by atoms with Gasteiger partial charge in [-0.3, -0.25) is 14.9 Å². The molecule has 0 heterocycles. The zero-order chi connectivity index (χ0) is 24.5. The van der Waals surface area contributed by atoms with Crippen molar-refractivity contribution < 1.29 is 14.0 Å². The second-order valence-electron chi connectivity index (χ2n) is 5.88. The smallest absolute Gasteiger partial charge is 0.258 e.